The van der Waals surface area contributed by atoms with Crippen LogP contribution in [0.3, 0.4) is 0 Å². The SMILES string of the molecule is Cc1ccccc1-c1cc2nnc(N)nc2cc1OCCO. The minimum Gasteiger partial charge on any atom is -0.490 e. The first kappa shape index (κ1) is 14.2. The highest BCUT2D eigenvalue weighted by Crippen LogP contribution is 2.34. The first-order valence-electron chi connectivity index (χ1n) is 6.92. The van der Waals surface area contributed by atoms with E-state index in [9.17, 15) is 0 Å². The number of hydrogen-bond acceptors (Lipinski definition) is 6. The van der Waals surface area contributed by atoms with Crippen LogP contribution in [-0.2, 0) is 0 Å². The molecule has 3 N–H and O–H groups in total. The Labute approximate surface area is 127 Å². The van der Waals surface area contributed by atoms with Crippen molar-refractivity contribution in [3.8, 4) is 16.9 Å². The van der Waals surface area contributed by atoms with Crippen molar-refractivity contribution in [1.82, 2.24) is 15.2 Å². The summed E-state index contributed by atoms with van der Waals surface area (Å²) in [5, 5.41) is 16.9. The summed E-state index contributed by atoms with van der Waals surface area (Å²) in [6, 6.07) is 11.6. The molecular weight excluding hydrogens is 280 g/mol. The number of nitrogens with two attached hydrogens (primary N) is 1. The Morgan fingerprint density at radius 2 is 1.91 bits per heavy atom. The van der Waals surface area contributed by atoms with Gasteiger partial charge < -0.3 is 15.6 Å². The van der Waals surface area contributed by atoms with Gasteiger partial charge in [-0.1, -0.05) is 24.3 Å². The quantitative estimate of drug-likeness (QED) is 0.764. The fraction of sp³-hybridized carbons (Fsp3) is 0.188. The second-order valence-corrected chi connectivity index (χ2v) is 4.89. The van der Waals surface area contributed by atoms with E-state index in [0.717, 1.165) is 16.7 Å². The van der Waals surface area contributed by atoms with E-state index >= 15 is 0 Å². The summed E-state index contributed by atoms with van der Waals surface area (Å²) in [7, 11) is 0. The van der Waals surface area contributed by atoms with Crippen LogP contribution in [0.5, 0.6) is 5.75 Å². The van der Waals surface area contributed by atoms with E-state index in [2.05, 4.69) is 15.2 Å². The molecule has 2 aromatic carbocycles. The van der Waals surface area contributed by atoms with Crippen molar-refractivity contribution in [2.45, 2.75) is 6.92 Å². The molecule has 0 saturated heterocycles. The van der Waals surface area contributed by atoms with Crippen LogP contribution in [0.15, 0.2) is 36.4 Å². The second kappa shape index (κ2) is 5.95. The minimum atomic E-state index is -0.0601. The lowest BCUT2D eigenvalue weighted by Crippen LogP contribution is -2.04. The van der Waals surface area contributed by atoms with E-state index in [0.29, 0.717) is 16.8 Å². The van der Waals surface area contributed by atoms with Gasteiger partial charge in [-0.15, -0.1) is 10.2 Å². The zero-order valence-corrected chi connectivity index (χ0v) is 12.2. The molecule has 0 saturated carbocycles. The van der Waals surface area contributed by atoms with E-state index < -0.39 is 0 Å². The van der Waals surface area contributed by atoms with Gasteiger partial charge in [0.1, 0.15) is 17.9 Å². The zero-order valence-electron chi connectivity index (χ0n) is 12.2. The third-order valence-corrected chi connectivity index (χ3v) is 3.36. The fourth-order valence-corrected chi connectivity index (χ4v) is 2.34. The lowest BCUT2D eigenvalue weighted by Gasteiger charge is -2.13. The van der Waals surface area contributed by atoms with Crippen LogP contribution < -0.4 is 10.5 Å². The standard InChI is InChI=1S/C16H16N4O2/c1-10-4-2-3-5-11(10)12-8-14-13(18-16(17)20-19-14)9-15(12)22-7-6-21/h2-5,8-9,21H,6-7H2,1H3,(H2,17,18,20). The normalized spacial score (nSPS) is 10.8. The third kappa shape index (κ3) is 2.68. The molecule has 1 heterocycles. The van der Waals surface area contributed by atoms with Crippen LogP contribution in [-0.4, -0.2) is 33.5 Å². The van der Waals surface area contributed by atoms with Crippen LogP contribution in [0.25, 0.3) is 22.2 Å². The number of aromatic nitrogens is 3. The summed E-state index contributed by atoms with van der Waals surface area (Å²) in [5.41, 5.74) is 9.88. The van der Waals surface area contributed by atoms with Crippen LogP contribution >= 0.6 is 0 Å². The van der Waals surface area contributed by atoms with Crippen molar-refractivity contribution in [2.24, 2.45) is 0 Å². The minimum absolute atomic E-state index is 0.0601. The predicted molar refractivity (Wildman–Crippen MR) is 84.5 cm³/mol. The first-order valence-corrected chi connectivity index (χ1v) is 6.92. The Balaban J connectivity index is 2.22. The van der Waals surface area contributed by atoms with Gasteiger partial charge in [-0.05, 0) is 24.1 Å². The van der Waals surface area contributed by atoms with Crippen LogP contribution in [0, 0.1) is 6.92 Å². The van der Waals surface area contributed by atoms with Crippen molar-refractivity contribution < 1.29 is 9.84 Å². The van der Waals surface area contributed by atoms with Crippen molar-refractivity contribution in [2.75, 3.05) is 18.9 Å². The summed E-state index contributed by atoms with van der Waals surface area (Å²) < 4.78 is 5.66. The molecule has 0 aliphatic carbocycles. The molecule has 1 aromatic heterocycles. The number of anilines is 1. The molecule has 6 heteroatoms. The third-order valence-electron chi connectivity index (χ3n) is 3.36. The Kier molecular flexibility index (Phi) is 3.84. The van der Waals surface area contributed by atoms with Gasteiger partial charge in [0.25, 0.3) is 0 Å². The summed E-state index contributed by atoms with van der Waals surface area (Å²) in [5.74, 6) is 0.750. The number of ether oxygens (including phenoxy) is 1. The zero-order chi connectivity index (χ0) is 15.5. The number of nitrogen functional groups attached to an aromatic ring is 1. The summed E-state index contributed by atoms with van der Waals surface area (Å²) in [6.07, 6.45) is 0. The number of hydrogen-bond donors (Lipinski definition) is 2. The van der Waals surface area contributed by atoms with Gasteiger partial charge in [-0.2, -0.15) is 0 Å². The smallest absolute Gasteiger partial charge is 0.240 e. The van der Waals surface area contributed by atoms with Crippen LogP contribution in [0.2, 0.25) is 0 Å². The molecule has 3 aromatic rings. The maximum atomic E-state index is 9.02. The number of rotatable bonds is 4. The molecule has 0 spiro atoms. The highest BCUT2D eigenvalue weighted by Gasteiger charge is 2.12. The molecule has 22 heavy (non-hydrogen) atoms. The maximum Gasteiger partial charge on any atom is 0.240 e. The Bertz CT molecular complexity index is 820. The molecule has 0 radical (unpaired) electrons. The number of nitrogens with zero attached hydrogens (tertiary/aromatic N) is 3. The predicted octanol–water partition coefficient (Wildman–Crippen LogP) is 1.95. The number of aryl methyl sites for hydroxylation is 1. The molecule has 0 aliphatic heterocycles. The number of aliphatic hydroxyl groups is 1. The summed E-state index contributed by atoms with van der Waals surface area (Å²) in [6.45, 7) is 2.18. The van der Waals surface area contributed by atoms with Gasteiger partial charge in [-0.25, -0.2) is 4.98 Å². The maximum absolute atomic E-state index is 9.02. The number of aliphatic hydroxyl groups excluding tert-OH is 1. The molecule has 0 unspecified atom stereocenters. The average molecular weight is 296 g/mol. The fourth-order valence-electron chi connectivity index (χ4n) is 2.34. The van der Waals surface area contributed by atoms with Gasteiger partial charge in [0.05, 0.1) is 12.1 Å². The van der Waals surface area contributed by atoms with Crippen LogP contribution in [0.1, 0.15) is 5.56 Å². The van der Waals surface area contributed by atoms with E-state index in [-0.39, 0.29) is 19.2 Å². The van der Waals surface area contributed by atoms with E-state index in [1.54, 1.807) is 6.07 Å². The molecule has 112 valence electrons. The molecule has 3 rings (SSSR count). The molecule has 6 nitrogen and oxygen atoms in total. The van der Waals surface area contributed by atoms with Gasteiger partial charge in [0, 0.05) is 11.6 Å². The average Bonchev–Trinajstić information content (AvgIpc) is 2.52. The Morgan fingerprint density at radius 3 is 2.68 bits per heavy atom. The largest absolute Gasteiger partial charge is 0.490 e. The van der Waals surface area contributed by atoms with Crippen molar-refractivity contribution in [3.63, 3.8) is 0 Å². The van der Waals surface area contributed by atoms with Crippen molar-refractivity contribution in [1.29, 1.82) is 0 Å². The monoisotopic (exact) mass is 296 g/mol. The molecule has 0 bridgehead atoms. The van der Waals surface area contributed by atoms with Crippen molar-refractivity contribution in [3.05, 3.63) is 42.0 Å². The molecule has 0 aliphatic rings. The highest BCUT2D eigenvalue weighted by molar-refractivity contribution is 5.86. The molecular formula is C16H16N4O2. The van der Waals surface area contributed by atoms with Crippen molar-refractivity contribution >= 4 is 17.0 Å². The Hall–Kier alpha value is -2.73. The number of fused-ring (bicyclic) bond motifs is 1. The summed E-state index contributed by atoms with van der Waals surface area (Å²) >= 11 is 0. The number of benzene rings is 2. The van der Waals surface area contributed by atoms with E-state index in [1.807, 2.05) is 37.3 Å². The topological polar surface area (TPSA) is 94.2 Å². The lowest BCUT2D eigenvalue weighted by atomic mass is 9.99. The van der Waals surface area contributed by atoms with Gasteiger partial charge >= 0.3 is 0 Å². The van der Waals surface area contributed by atoms with Gasteiger partial charge in [0.15, 0.2) is 0 Å². The Morgan fingerprint density at radius 1 is 1.09 bits per heavy atom. The van der Waals surface area contributed by atoms with Gasteiger partial charge in [-0.3, -0.25) is 0 Å². The van der Waals surface area contributed by atoms with Crippen LogP contribution in [0.4, 0.5) is 5.95 Å². The lowest BCUT2D eigenvalue weighted by molar-refractivity contribution is 0.202. The summed E-state index contributed by atoms with van der Waals surface area (Å²) in [4.78, 5) is 4.16. The molecule has 0 atom stereocenters. The second-order valence-electron chi connectivity index (χ2n) is 4.89. The molecule has 0 amide bonds. The van der Waals surface area contributed by atoms with Gasteiger partial charge in [0.2, 0.25) is 5.95 Å². The van der Waals surface area contributed by atoms with E-state index in [4.69, 9.17) is 15.6 Å². The first-order chi connectivity index (χ1) is 10.7. The van der Waals surface area contributed by atoms with E-state index in [1.165, 1.54) is 0 Å². The highest BCUT2D eigenvalue weighted by atomic mass is 16.5. The molecule has 0 fully saturated rings.